The number of piperazine rings is 1. The number of benzene rings is 1. The fraction of sp³-hybridized carbons (Fsp3) is 0.393. The lowest BCUT2D eigenvalue weighted by Gasteiger charge is -2.43. The molecule has 5 heterocycles. The molecular formula is C28H33N9O2. The monoisotopic (exact) mass is 527 g/mol. The highest BCUT2D eigenvalue weighted by atomic mass is 16.5. The van der Waals surface area contributed by atoms with Crippen molar-refractivity contribution in [1.29, 1.82) is 0 Å². The van der Waals surface area contributed by atoms with Crippen molar-refractivity contribution < 1.29 is 9.53 Å². The number of pyridine rings is 1. The molecule has 2 fully saturated rings. The maximum atomic E-state index is 12.2. The van der Waals surface area contributed by atoms with Crippen LogP contribution in [0, 0.1) is 13.8 Å². The van der Waals surface area contributed by atoms with Crippen LogP contribution >= 0.6 is 0 Å². The number of carbonyl (C=O) groups is 1. The predicted molar refractivity (Wildman–Crippen MR) is 152 cm³/mol. The van der Waals surface area contributed by atoms with E-state index in [0.29, 0.717) is 55.3 Å². The number of likely N-dealkylation sites (N-methyl/N-ethyl adjacent to an activating group) is 1. The zero-order valence-electron chi connectivity index (χ0n) is 22.8. The number of anilines is 2. The van der Waals surface area contributed by atoms with Gasteiger partial charge in [-0.2, -0.15) is 10.1 Å². The first-order chi connectivity index (χ1) is 18.8. The molecule has 2 aliphatic rings. The molecule has 0 unspecified atom stereocenters. The molecule has 0 saturated carbocycles. The van der Waals surface area contributed by atoms with Crippen LogP contribution in [0.4, 0.5) is 11.8 Å². The molecule has 11 nitrogen and oxygen atoms in total. The minimum absolute atomic E-state index is 0.0438. The number of amides is 1. The van der Waals surface area contributed by atoms with Crippen LogP contribution in [0.25, 0.3) is 21.8 Å². The van der Waals surface area contributed by atoms with E-state index in [1.54, 1.807) is 6.20 Å². The zero-order valence-corrected chi connectivity index (χ0v) is 22.8. The number of ether oxygens (including phenoxy) is 1. The maximum Gasteiger partial charge on any atom is 0.246 e. The highest BCUT2D eigenvalue weighted by Gasteiger charge is 2.32. The lowest BCUT2D eigenvalue weighted by atomic mass is 10.1. The first-order valence-corrected chi connectivity index (χ1v) is 13.2. The van der Waals surface area contributed by atoms with Crippen molar-refractivity contribution >= 4 is 39.5 Å². The Morgan fingerprint density at radius 1 is 1.08 bits per heavy atom. The number of fused-ring (bicyclic) bond motifs is 2. The normalized spacial score (nSPS) is 16.3. The summed E-state index contributed by atoms with van der Waals surface area (Å²) in [6.07, 6.45) is 3.15. The largest absolute Gasteiger partial charge is 0.436 e. The Hall–Kier alpha value is -4.25. The summed E-state index contributed by atoms with van der Waals surface area (Å²) in [5.41, 5.74) is 3.35. The van der Waals surface area contributed by atoms with E-state index in [-0.39, 0.29) is 5.91 Å². The molecule has 4 aromatic rings. The summed E-state index contributed by atoms with van der Waals surface area (Å²) in [5.74, 6) is 2.60. The van der Waals surface area contributed by atoms with Gasteiger partial charge in [-0.15, -0.1) is 0 Å². The molecule has 0 spiro atoms. The molecule has 3 aromatic heterocycles. The first-order valence-electron chi connectivity index (χ1n) is 13.2. The van der Waals surface area contributed by atoms with Crippen LogP contribution in [0.15, 0.2) is 37.1 Å². The molecule has 1 N–H and O–H groups in total. The van der Waals surface area contributed by atoms with Crippen LogP contribution in [0.1, 0.15) is 11.3 Å². The lowest BCUT2D eigenvalue weighted by molar-refractivity contribution is -0.126. The van der Waals surface area contributed by atoms with Gasteiger partial charge in [0.1, 0.15) is 17.1 Å². The van der Waals surface area contributed by atoms with Crippen LogP contribution in [-0.2, 0) is 4.79 Å². The smallest absolute Gasteiger partial charge is 0.246 e. The van der Waals surface area contributed by atoms with Crippen molar-refractivity contribution in [3.8, 4) is 11.6 Å². The second-order valence-corrected chi connectivity index (χ2v) is 10.5. The van der Waals surface area contributed by atoms with Gasteiger partial charge < -0.3 is 24.3 Å². The minimum atomic E-state index is -0.0438. The highest BCUT2D eigenvalue weighted by molar-refractivity contribution is 5.95. The van der Waals surface area contributed by atoms with E-state index in [1.807, 2.05) is 36.9 Å². The number of aromatic nitrogens is 5. The maximum absolute atomic E-state index is 12.2. The quantitative estimate of drug-likeness (QED) is 0.379. The molecule has 39 heavy (non-hydrogen) atoms. The molecule has 11 heteroatoms. The van der Waals surface area contributed by atoms with Gasteiger partial charge >= 0.3 is 0 Å². The standard InChI is InChI=1S/C28H33N9O2/c1-6-23(38)35-9-11-36(12-10-35)26-20-13-18(3)30-27(39-25-17(2)7-8-22-21(25)14-29-33-22)24(20)31-28(32-26)37-15-19(16-37)34(4)5/h6-8,13-14,19H,1,9-12,15-16H2,2-5H3,(H,29,33). The van der Waals surface area contributed by atoms with E-state index in [9.17, 15) is 4.79 Å². The molecule has 1 amide bonds. The number of hydrogen-bond donors (Lipinski definition) is 1. The molecule has 2 saturated heterocycles. The number of hydrogen-bond acceptors (Lipinski definition) is 9. The van der Waals surface area contributed by atoms with Gasteiger partial charge in [0, 0.05) is 51.0 Å². The Morgan fingerprint density at radius 2 is 1.85 bits per heavy atom. The van der Waals surface area contributed by atoms with E-state index in [0.717, 1.165) is 46.5 Å². The van der Waals surface area contributed by atoms with Gasteiger partial charge in [-0.3, -0.25) is 9.89 Å². The van der Waals surface area contributed by atoms with Crippen molar-refractivity contribution in [3.05, 3.63) is 48.3 Å². The first kappa shape index (κ1) is 25.1. The summed E-state index contributed by atoms with van der Waals surface area (Å²) < 4.78 is 6.56. The lowest BCUT2D eigenvalue weighted by Crippen LogP contribution is -2.58. The second-order valence-electron chi connectivity index (χ2n) is 10.5. The van der Waals surface area contributed by atoms with Crippen molar-refractivity contribution in [3.63, 3.8) is 0 Å². The van der Waals surface area contributed by atoms with Gasteiger partial charge in [0.15, 0.2) is 0 Å². The molecule has 2 aliphatic heterocycles. The number of nitrogens with zero attached hydrogens (tertiary/aromatic N) is 8. The average molecular weight is 528 g/mol. The SMILES string of the molecule is C=CC(=O)N1CCN(c2nc(N3CC(N(C)C)C3)nc3c(Oc4c(C)ccc5[nH]ncc45)nc(C)cc23)CC1. The second kappa shape index (κ2) is 9.81. The Morgan fingerprint density at radius 3 is 2.56 bits per heavy atom. The van der Waals surface area contributed by atoms with E-state index < -0.39 is 0 Å². The number of carbonyl (C=O) groups excluding carboxylic acids is 1. The summed E-state index contributed by atoms with van der Waals surface area (Å²) >= 11 is 0. The molecular weight excluding hydrogens is 494 g/mol. The minimum Gasteiger partial charge on any atom is -0.436 e. The number of aryl methyl sites for hydroxylation is 2. The van der Waals surface area contributed by atoms with E-state index in [2.05, 4.69) is 45.6 Å². The number of H-pyrrole nitrogens is 1. The Kier molecular flexibility index (Phi) is 6.30. The van der Waals surface area contributed by atoms with Gasteiger partial charge in [-0.1, -0.05) is 12.6 Å². The molecule has 202 valence electrons. The highest BCUT2D eigenvalue weighted by Crippen LogP contribution is 2.38. The van der Waals surface area contributed by atoms with Crippen molar-refractivity contribution in [2.24, 2.45) is 0 Å². The van der Waals surface area contributed by atoms with Crippen LogP contribution < -0.4 is 14.5 Å². The van der Waals surface area contributed by atoms with Crippen molar-refractivity contribution in [1.82, 2.24) is 34.9 Å². The topological polar surface area (TPSA) is 107 Å². The van der Waals surface area contributed by atoms with Gasteiger partial charge in [0.2, 0.25) is 17.7 Å². The van der Waals surface area contributed by atoms with Crippen molar-refractivity contribution in [2.75, 3.05) is 63.2 Å². The van der Waals surface area contributed by atoms with Crippen molar-refractivity contribution in [2.45, 2.75) is 19.9 Å². The fourth-order valence-corrected chi connectivity index (χ4v) is 5.20. The number of nitrogens with one attached hydrogen (secondary N) is 1. The van der Waals surface area contributed by atoms with E-state index in [4.69, 9.17) is 19.7 Å². The summed E-state index contributed by atoms with van der Waals surface area (Å²) in [6, 6.07) is 6.47. The third kappa shape index (κ3) is 4.52. The van der Waals surface area contributed by atoms with E-state index in [1.165, 1.54) is 6.08 Å². The molecule has 0 aliphatic carbocycles. The van der Waals surface area contributed by atoms with Crippen LogP contribution in [-0.4, -0.2) is 100 Å². The summed E-state index contributed by atoms with van der Waals surface area (Å²) in [5, 5.41) is 8.98. The van der Waals surface area contributed by atoms with Gasteiger partial charge in [0.05, 0.1) is 22.5 Å². The molecule has 0 bridgehead atoms. The van der Waals surface area contributed by atoms with Crippen LogP contribution in [0.2, 0.25) is 0 Å². The van der Waals surface area contributed by atoms with Gasteiger partial charge in [-0.05, 0) is 51.7 Å². The van der Waals surface area contributed by atoms with Crippen LogP contribution in [0.5, 0.6) is 11.6 Å². The Labute approximate surface area is 227 Å². The Bertz CT molecular complexity index is 1570. The third-order valence-electron chi connectivity index (χ3n) is 7.66. The summed E-state index contributed by atoms with van der Waals surface area (Å²) in [4.78, 5) is 35.5. The molecule has 0 radical (unpaired) electrons. The summed E-state index contributed by atoms with van der Waals surface area (Å²) in [6.45, 7) is 11.8. The zero-order chi connectivity index (χ0) is 27.3. The number of rotatable bonds is 6. The Balaban J connectivity index is 1.45. The number of aromatic amines is 1. The molecule has 1 aromatic carbocycles. The summed E-state index contributed by atoms with van der Waals surface area (Å²) in [7, 11) is 4.19. The van der Waals surface area contributed by atoms with Gasteiger partial charge in [-0.25, -0.2) is 9.97 Å². The van der Waals surface area contributed by atoms with E-state index >= 15 is 0 Å². The predicted octanol–water partition coefficient (Wildman–Crippen LogP) is 2.90. The third-order valence-corrected chi connectivity index (χ3v) is 7.66. The average Bonchev–Trinajstić information content (AvgIpc) is 3.38. The van der Waals surface area contributed by atoms with Crippen LogP contribution in [0.3, 0.4) is 0 Å². The van der Waals surface area contributed by atoms with Gasteiger partial charge in [0.25, 0.3) is 0 Å². The fourth-order valence-electron chi connectivity index (χ4n) is 5.20. The molecule has 6 rings (SSSR count). The molecule has 0 atom stereocenters.